The van der Waals surface area contributed by atoms with Gasteiger partial charge < -0.3 is 14.5 Å². The molecule has 5 aromatic rings. The molecule has 2 N–H and O–H groups in total. The highest BCUT2D eigenvalue weighted by Gasteiger charge is 2.25. The van der Waals surface area contributed by atoms with Gasteiger partial charge in [0.25, 0.3) is 5.91 Å². The average Bonchev–Trinajstić information content (AvgIpc) is 3.58. The van der Waals surface area contributed by atoms with E-state index >= 15 is 0 Å². The molecule has 1 amide bonds. The molecule has 210 valence electrons. The number of benzene rings is 2. The van der Waals surface area contributed by atoms with Gasteiger partial charge in [-0.25, -0.2) is 17.8 Å². The van der Waals surface area contributed by atoms with E-state index in [1.807, 2.05) is 6.07 Å². The highest BCUT2D eigenvalue weighted by atomic mass is 32.2. The Hall–Kier alpha value is -4.13. The minimum absolute atomic E-state index is 0.141. The van der Waals surface area contributed by atoms with Gasteiger partial charge in [0.2, 0.25) is 10.0 Å². The van der Waals surface area contributed by atoms with E-state index in [0.29, 0.717) is 35.3 Å². The van der Waals surface area contributed by atoms with Crippen LogP contribution in [0.25, 0.3) is 44.0 Å². The molecule has 0 spiro atoms. The molecule has 0 atom stereocenters. The zero-order chi connectivity index (χ0) is 28.7. The SMILES string of the molecule is CCS(=O)(=O)Nc1cc2oc(-c3ccc(F)cc3)c(C(=O)NC)c2cc1-c1cncc(-c2nc3c(s2)COCC3)c1. The summed E-state index contributed by atoms with van der Waals surface area (Å²) in [7, 11) is -2.17. The number of furan rings is 1. The van der Waals surface area contributed by atoms with Crippen LogP contribution in [0.2, 0.25) is 0 Å². The molecule has 0 bridgehead atoms. The molecular weight excluding hydrogens is 567 g/mol. The van der Waals surface area contributed by atoms with Crippen molar-refractivity contribution in [1.29, 1.82) is 0 Å². The zero-order valence-electron chi connectivity index (χ0n) is 22.2. The van der Waals surface area contributed by atoms with Gasteiger partial charge in [-0.1, -0.05) is 0 Å². The summed E-state index contributed by atoms with van der Waals surface area (Å²) in [6, 6.07) is 10.8. The van der Waals surface area contributed by atoms with Gasteiger partial charge in [0.05, 0.1) is 40.8 Å². The minimum Gasteiger partial charge on any atom is -0.455 e. The Morgan fingerprint density at radius 1 is 1.10 bits per heavy atom. The number of nitrogens with one attached hydrogen (secondary N) is 2. The van der Waals surface area contributed by atoms with E-state index in [1.165, 1.54) is 31.3 Å². The van der Waals surface area contributed by atoms with Gasteiger partial charge in [-0.2, -0.15) is 0 Å². The fourth-order valence-electron chi connectivity index (χ4n) is 4.71. The first-order valence-corrected chi connectivity index (χ1v) is 15.3. The van der Waals surface area contributed by atoms with Gasteiger partial charge in [-0.3, -0.25) is 14.5 Å². The van der Waals surface area contributed by atoms with E-state index < -0.39 is 21.7 Å². The molecule has 0 fully saturated rings. The molecule has 2 aromatic carbocycles. The summed E-state index contributed by atoms with van der Waals surface area (Å²) in [6.07, 6.45) is 4.09. The Balaban J connectivity index is 1.56. The summed E-state index contributed by atoms with van der Waals surface area (Å²) in [6.45, 7) is 2.70. The number of carbonyl (C=O) groups excluding carboxylic acids is 1. The lowest BCUT2D eigenvalue weighted by molar-refractivity contribution is 0.0964. The molecule has 4 heterocycles. The molecular formula is C29H25FN4O5S2. The first-order valence-electron chi connectivity index (χ1n) is 12.9. The van der Waals surface area contributed by atoms with Gasteiger partial charge in [-0.05, 0) is 43.3 Å². The van der Waals surface area contributed by atoms with E-state index in [0.717, 1.165) is 27.6 Å². The third-order valence-corrected chi connectivity index (χ3v) is 9.24. The smallest absolute Gasteiger partial charge is 0.255 e. The normalized spacial score (nSPS) is 13.2. The summed E-state index contributed by atoms with van der Waals surface area (Å²) in [4.78, 5) is 23.4. The van der Waals surface area contributed by atoms with Gasteiger partial charge in [-0.15, -0.1) is 11.3 Å². The largest absolute Gasteiger partial charge is 0.455 e. The number of ether oxygens (including phenoxy) is 1. The van der Waals surface area contributed by atoms with Crippen LogP contribution in [-0.4, -0.2) is 43.7 Å². The second-order valence-electron chi connectivity index (χ2n) is 9.45. The molecule has 0 saturated heterocycles. The molecule has 0 aliphatic carbocycles. The van der Waals surface area contributed by atoms with Crippen molar-refractivity contribution in [2.24, 2.45) is 0 Å². The van der Waals surface area contributed by atoms with Crippen molar-refractivity contribution < 1.29 is 26.8 Å². The maximum Gasteiger partial charge on any atom is 0.255 e. The van der Waals surface area contributed by atoms with Crippen molar-refractivity contribution >= 4 is 43.9 Å². The average molecular weight is 593 g/mol. The lowest BCUT2D eigenvalue weighted by Gasteiger charge is -2.13. The molecule has 0 radical (unpaired) electrons. The summed E-state index contributed by atoms with van der Waals surface area (Å²) in [5.41, 5.74) is 4.22. The quantitative estimate of drug-likeness (QED) is 0.252. The number of anilines is 1. The van der Waals surface area contributed by atoms with E-state index in [2.05, 4.69) is 15.0 Å². The Kier molecular flexibility index (Phi) is 7.06. The van der Waals surface area contributed by atoms with Gasteiger partial charge in [0.15, 0.2) is 0 Å². The third-order valence-electron chi connectivity index (χ3n) is 6.82. The van der Waals surface area contributed by atoms with Crippen LogP contribution < -0.4 is 10.0 Å². The van der Waals surface area contributed by atoms with Crippen LogP contribution >= 0.6 is 11.3 Å². The Bertz CT molecular complexity index is 1880. The summed E-state index contributed by atoms with van der Waals surface area (Å²) < 4.78 is 53.4. The Morgan fingerprint density at radius 2 is 1.88 bits per heavy atom. The third kappa shape index (κ3) is 5.21. The highest BCUT2D eigenvalue weighted by Crippen LogP contribution is 2.41. The Labute approximate surface area is 239 Å². The first kappa shape index (κ1) is 27.1. The van der Waals surface area contributed by atoms with Gasteiger partial charge >= 0.3 is 0 Å². The number of rotatable bonds is 7. The molecule has 0 saturated carbocycles. The van der Waals surface area contributed by atoms with E-state index in [1.54, 1.807) is 42.8 Å². The van der Waals surface area contributed by atoms with E-state index in [-0.39, 0.29) is 28.3 Å². The molecule has 0 unspecified atom stereocenters. The predicted octanol–water partition coefficient (Wildman–Crippen LogP) is 5.62. The van der Waals surface area contributed by atoms with Crippen LogP contribution in [0.5, 0.6) is 0 Å². The van der Waals surface area contributed by atoms with Gasteiger partial charge in [0, 0.05) is 59.6 Å². The molecule has 3 aromatic heterocycles. The second kappa shape index (κ2) is 10.7. The summed E-state index contributed by atoms with van der Waals surface area (Å²) >= 11 is 1.54. The highest BCUT2D eigenvalue weighted by molar-refractivity contribution is 7.92. The Morgan fingerprint density at radius 3 is 2.61 bits per heavy atom. The minimum atomic E-state index is -3.67. The van der Waals surface area contributed by atoms with Crippen molar-refractivity contribution in [3.63, 3.8) is 0 Å². The lowest BCUT2D eigenvalue weighted by Crippen LogP contribution is -2.18. The van der Waals surface area contributed by atoms with Crippen LogP contribution in [0.1, 0.15) is 27.9 Å². The maximum atomic E-state index is 13.6. The van der Waals surface area contributed by atoms with Crippen LogP contribution in [0.15, 0.2) is 59.3 Å². The fourth-order valence-corrected chi connectivity index (χ4v) is 6.39. The number of aromatic nitrogens is 2. The standard InChI is InChI=1S/C29H25FN4O5S2/c1-3-41(36,37)34-23-12-24-21(26(28(35)31-2)27(39-24)16-4-6-19(30)7-5-16)11-20(23)17-10-18(14-32-13-17)29-33-22-8-9-38-15-25(22)40-29/h4-7,10-14,34H,3,8-9,15H2,1-2H3,(H,31,35). The fraction of sp³-hybridized carbons (Fsp3) is 0.207. The van der Waals surface area contributed by atoms with Crippen LogP contribution in [0, 0.1) is 5.82 Å². The molecule has 1 aliphatic heterocycles. The number of hydrogen-bond acceptors (Lipinski definition) is 8. The summed E-state index contributed by atoms with van der Waals surface area (Å²) in [5, 5.41) is 3.90. The zero-order valence-corrected chi connectivity index (χ0v) is 23.8. The number of sulfonamides is 1. The molecule has 6 rings (SSSR count). The van der Waals surface area contributed by atoms with Crippen molar-refractivity contribution in [3.8, 4) is 33.0 Å². The number of pyridine rings is 1. The molecule has 12 heteroatoms. The second-order valence-corrected chi connectivity index (χ2v) is 12.5. The lowest BCUT2D eigenvalue weighted by atomic mass is 9.99. The number of fused-ring (bicyclic) bond motifs is 2. The first-order chi connectivity index (χ1) is 19.8. The van der Waals surface area contributed by atoms with Crippen molar-refractivity contribution in [1.82, 2.24) is 15.3 Å². The van der Waals surface area contributed by atoms with Crippen molar-refractivity contribution in [2.45, 2.75) is 20.0 Å². The number of nitrogens with zero attached hydrogens (tertiary/aromatic N) is 2. The number of carbonyl (C=O) groups is 1. The molecule has 1 aliphatic rings. The van der Waals surface area contributed by atoms with Gasteiger partial charge in [0.1, 0.15) is 22.2 Å². The number of hydrogen-bond donors (Lipinski definition) is 2. The van der Waals surface area contributed by atoms with Crippen molar-refractivity contribution in [3.05, 3.63) is 76.8 Å². The number of halogens is 1. The van der Waals surface area contributed by atoms with Crippen LogP contribution in [-0.2, 0) is 27.8 Å². The predicted molar refractivity (Wildman–Crippen MR) is 156 cm³/mol. The van der Waals surface area contributed by atoms with E-state index in [9.17, 15) is 17.6 Å². The van der Waals surface area contributed by atoms with Crippen LogP contribution in [0.4, 0.5) is 10.1 Å². The number of amides is 1. The van der Waals surface area contributed by atoms with Crippen molar-refractivity contribution in [2.75, 3.05) is 24.1 Å². The molecule has 9 nitrogen and oxygen atoms in total. The van der Waals surface area contributed by atoms with Crippen LogP contribution in [0.3, 0.4) is 0 Å². The summed E-state index contributed by atoms with van der Waals surface area (Å²) in [5.74, 6) is -0.731. The maximum absolute atomic E-state index is 13.6. The topological polar surface area (TPSA) is 123 Å². The van der Waals surface area contributed by atoms with E-state index in [4.69, 9.17) is 14.1 Å². The number of thiazole rings is 1. The monoisotopic (exact) mass is 592 g/mol. The molecule has 41 heavy (non-hydrogen) atoms.